The molecule has 132 valence electrons. The van der Waals surface area contributed by atoms with Crippen LogP contribution in [0, 0.1) is 10.7 Å². The highest BCUT2D eigenvalue weighted by Gasteiger charge is 2.23. The Morgan fingerprint density at radius 1 is 1.12 bits per heavy atom. The molecule has 2 rings (SSSR count). The SMILES string of the molecule is CC(=O)N(Cc1ccccc1)c1c(I)cc(I)c(OCC(=O)O)c1I. The minimum Gasteiger partial charge on any atom is -0.480 e. The van der Waals surface area contributed by atoms with Crippen molar-refractivity contribution in [1.29, 1.82) is 0 Å². The third-order valence-corrected chi connectivity index (χ3v) is 5.90. The summed E-state index contributed by atoms with van der Waals surface area (Å²) in [7, 11) is 0. The maximum absolute atomic E-state index is 12.3. The Morgan fingerprint density at radius 3 is 2.32 bits per heavy atom. The maximum Gasteiger partial charge on any atom is 0.341 e. The Bertz CT molecular complexity index is 796. The van der Waals surface area contributed by atoms with Gasteiger partial charge in [0.2, 0.25) is 5.91 Å². The van der Waals surface area contributed by atoms with E-state index < -0.39 is 12.6 Å². The largest absolute Gasteiger partial charge is 0.480 e. The Kier molecular flexibility index (Phi) is 7.73. The fourth-order valence-electron chi connectivity index (χ4n) is 2.19. The van der Waals surface area contributed by atoms with E-state index in [0.29, 0.717) is 12.3 Å². The molecule has 0 bridgehead atoms. The molecule has 0 heterocycles. The molecule has 1 amide bonds. The van der Waals surface area contributed by atoms with Gasteiger partial charge in [0.15, 0.2) is 6.61 Å². The smallest absolute Gasteiger partial charge is 0.341 e. The predicted molar refractivity (Wildman–Crippen MR) is 121 cm³/mol. The summed E-state index contributed by atoms with van der Waals surface area (Å²) in [5.74, 6) is -0.650. The highest BCUT2D eigenvalue weighted by Crippen LogP contribution is 2.39. The summed E-state index contributed by atoms with van der Waals surface area (Å²) in [6.07, 6.45) is 0. The number of amides is 1. The zero-order valence-corrected chi connectivity index (χ0v) is 19.6. The summed E-state index contributed by atoms with van der Waals surface area (Å²) in [5, 5.41) is 8.88. The molecule has 0 saturated carbocycles. The second kappa shape index (κ2) is 9.35. The van der Waals surface area contributed by atoms with E-state index in [4.69, 9.17) is 9.84 Å². The summed E-state index contributed by atoms with van der Waals surface area (Å²) < 4.78 is 7.88. The van der Waals surface area contributed by atoms with Crippen LogP contribution in [0.2, 0.25) is 0 Å². The number of anilines is 1. The van der Waals surface area contributed by atoms with Crippen LogP contribution in [0.1, 0.15) is 12.5 Å². The van der Waals surface area contributed by atoms with Gasteiger partial charge in [0.1, 0.15) is 5.75 Å². The Morgan fingerprint density at radius 2 is 1.76 bits per heavy atom. The molecule has 8 heteroatoms. The van der Waals surface area contributed by atoms with Crippen molar-refractivity contribution in [3.63, 3.8) is 0 Å². The minimum atomic E-state index is -1.04. The van der Waals surface area contributed by atoms with E-state index in [1.807, 2.05) is 36.4 Å². The number of hydrogen-bond acceptors (Lipinski definition) is 3. The van der Waals surface area contributed by atoms with Crippen LogP contribution in [0.5, 0.6) is 5.75 Å². The number of halogens is 3. The highest BCUT2D eigenvalue weighted by atomic mass is 127. The van der Waals surface area contributed by atoms with Gasteiger partial charge in [0.05, 0.1) is 19.4 Å². The Labute approximate surface area is 186 Å². The molecule has 0 aliphatic carbocycles. The van der Waals surface area contributed by atoms with E-state index in [9.17, 15) is 9.59 Å². The number of carboxylic acid groups (broad SMARTS) is 1. The van der Waals surface area contributed by atoms with Gasteiger partial charge in [-0.3, -0.25) is 4.79 Å². The molecule has 0 aliphatic rings. The quantitative estimate of drug-likeness (QED) is 0.458. The van der Waals surface area contributed by atoms with Crippen molar-refractivity contribution in [2.75, 3.05) is 11.5 Å². The molecule has 2 aromatic carbocycles. The van der Waals surface area contributed by atoms with Gasteiger partial charge in [-0.1, -0.05) is 30.3 Å². The van der Waals surface area contributed by atoms with Crippen LogP contribution in [0.15, 0.2) is 36.4 Å². The van der Waals surface area contributed by atoms with Crippen LogP contribution < -0.4 is 9.64 Å². The van der Waals surface area contributed by atoms with Crippen LogP contribution in [0.25, 0.3) is 0 Å². The molecule has 0 aromatic heterocycles. The molecule has 0 saturated heterocycles. The number of benzene rings is 2. The van der Waals surface area contributed by atoms with E-state index in [1.54, 1.807) is 4.90 Å². The van der Waals surface area contributed by atoms with Crippen LogP contribution >= 0.6 is 67.8 Å². The summed E-state index contributed by atoms with van der Waals surface area (Å²) in [6, 6.07) is 11.6. The van der Waals surface area contributed by atoms with Gasteiger partial charge >= 0.3 is 5.97 Å². The first-order chi connectivity index (χ1) is 11.8. The van der Waals surface area contributed by atoms with Crippen LogP contribution in [-0.4, -0.2) is 23.6 Å². The maximum atomic E-state index is 12.3. The zero-order valence-electron chi connectivity index (χ0n) is 13.1. The van der Waals surface area contributed by atoms with Crippen molar-refractivity contribution < 1.29 is 19.4 Å². The number of ether oxygens (including phenoxy) is 1. The number of carbonyl (C=O) groups excluding carboxylic acids is 1. The number of nitrogens with zero attached hydrogens (tertiary/aromatic N) is 1. The lowest BCUT2D eigenvalue weighted by atomic mass is 10.2. The van der Waals surface area contributed by atoms with Gasteiger partial charge in [-0.25, -0.2) is 4.79 Å². The van der Waals surface area contributed by atoms with Gasteiger partial charge in [-0.15, -0.1) is 0 Å². The first-order valence-electron chi connectivity index (χ1n) is 7.15. The number of carboxylic acids is 1. The van der Waals surface area contributed by atoms with E-state index in [-0.39, 0.29) is 5.91 Å². The second-order valence-electron chi connectivity index (χ2n) is 5.11. The van der Waals surface area contributed by atoms with Gasteiger partial charge in [0.25, 0.3) is 0 Å². The summed E-state index contributed by atoms with van der Waals surface area (Å²) in [6.45, 7) is 1.52. The van der Waals surface area contributed by atoms with Gasteiger partial charge in [0, 0.05) is 10.5 Å². The molecule has 25 heavy (non-hydrogen) atoms. The van der Waals surface area contributed by atoms with Gasteiger partial charge in [-0.2, -0.15) is 0 Å². The predicted octanol–water partition coefficient (Wildman–Crippen LogP) is 4.52. The molecule has 0 fully saturated rings. The zero-order chi connectivity index (χ0) is 18.6. The molecule has 0 aliphatic heterocycles. The topological polar surface area (TPSA) is 66.8 Å². The summed E-state index contributed by atoms with van der Waals surface area (Å²) in [5.41, 5.74) is 1.74. The van der Waals surface area contributed by atoms with Gasteiger partial charge < -0.3 is 14.7 Å². The molecule has 0 unspecified atom stereocenters. The monoisotopic (exact) mass is 677 g/mol. The second-order valence-corrected chi connectivity index (χ2v) is 8.51. The lowest BCUT2D eigenvalue weighted by Crippen LogP contribution is -2.29. The van der Waals surface area contributed by atoms with Crippen molar-refractivity contribution in [3.8, 4) is 5.75 Å². The number of hydrogen-bond donors (Lipinski definition) is 1. The van der Waals surface area contributed by atoms with Crippen molar-refractivity contribution >= 4 is 85.3 Å². The molecule has 2 aromatic rings. The molecular weight excluding hydrogens is 663 g/mol. The number of aliphatic carboxylic acids is 1. The van der Waals surface area contributed by atoms with Crippen molar-refractivity contribution in [1.82, 2.24) is 0 Å². The minimum absolute atomic E-state index is 0.0925. The average Bonchev–Trinajstić information content (AvgIpc) is 2.54. The Balaban J connectivity index is 2.48. The van der Waals surface area contributed by atoms with E-state index in [0.717, 1.165) is 22.0 Å². The van der Waals surface area contributed by atoms with E-state index in [2.05, 4.69) is 67.8 Å². The highest BCUT2D eigenvalue weighted by molar-refractivity contribution is 14.1. The third-order valence-electron chi connectivity index (χ3n) is 3.28. The lowest BCUT2D eigenvalue weighted by molar-refractivity contribution is -0.139. The summed E-state index contributed by atoms with van der Waals surface area (Å²) >= 11 is 6.40. The standard InChI is InChI=1S/C17H14I3NO4/c1-10(22)21(8-11-5-3-2-4-6-11)16-12(18)7-13(19)17(15(16)20)25-9-14(23)24/h2-7H,8-9H2,1H3,(H,23,24). The van der Waals surface area contributed by atoms with Crippen molar-refractivity contribution in [2.24, 2.45) is 0 Å². The van der Waals surface area contributed by atoms with E-state index in [1.165, 1.54) is 6.92 Å². The number of carbonyl (C=O) groups is 2. The van der Waals surface area contributed by atoms with Crippen LogP contribution in [0.3, 0.4) is 0 Å². The fourth-order valence-corrected chi connectivity index (χ4v) is 6.45. The Hall–Kier alpha value is -0.630. The van der Waals surface area contributed by atoms with E-state index >= 15 is 0 Å². The molecular formula is C17H14I3NO4. The fraction of sp³-hybridized carbons (Fsp3) is 0.176. The average molecular weight is 677 g/mol. The molecule has 0 spiro atoms. The molecule has 1 N–H and O–H groups in total. The van der Waals surface area contributed by atoms with Crippen molar-refractivity contribution in [2.45, 2.75) is 13.5 Å². The van der Waals surface area contributed by atoms with Crippen LogP contribution in [0.4, 0.5) is 5.69 Å². The normalized spacial score (nSPS) is 10.4. The molecule has 0 radical (unpaired) electrons. The lowest BCUT2D eigenvalue weighted by Gasteiger charge is -2.25. The summed E-state index contributed by atoms with van der Waals surface area (Å²) in [4.78, 5) is 24.8. The molecule has 0 atom stereocenters. The van der Waals surface area contributed by atoms with Crippen LogP contribution in [-0.2, 0) is 16.1 Å². The van der Waals surface area contributed by atoms with Crippen molar-refractivity contribution in [3.05, 3.63) is 52.7 Å². The van der Waals surface area contributed by atoms with Gasteiger partial charge in [-0.05, 0) is 79.4 Å². The third kappa shape index (κ3) is 5.42. The first-order valence-corrected chi connectivity index (χ1v) is 10.4. The number of rotatable bonds is 6. The molecule has 5 nitrogen and oxygen atoms in total. The first kappa shape index (κ1) is 20.7.